The number of carbonyl (C=O) groups excluding carboxylic acids is 2. The Kier molecular flexibility index (Phi) is 6.40. The highest BCUT2D eigenvalue weighted by Gasteiger charge is 2.20. The predicted octanol–water partition coefficient (Wildman–Crippen LogP) is 2.59. The Hall–Kier alpha value is -2.08. The Bertz CT molecular complexity index is 539. The van der Waals surface area contributed by atoms with E-state index in [1.54, 1.807) is 12.1 Å². The lowest BCUT2D eigenvalue weighted by Gasteiger charge is -2.34. The maximum absolute atomic E-state index is 12.3. The van der Waals surface area contributed by atoms with E-state index in [2.05, 4.69) is 22.5 Å². The number of amides is 3. The van der Waals surface area contributed by atoms with Crippen molar-refractivity contribution in [1.82, 2.24) is 9.80 Å². The van der Waals surface area contributed by atoms with E-state index in [-0.39, 0.29) is 11.9 Å². The van der Waals surface area contributed by atoms with E-state index >= 15 is 0 Å². The van der Waals surface area contributed by atoms with Crippen LogP contribution in [0.2, 0.25) is 0 Å². The molecule has 0 spiro atoms. The van der Waals surface area contributed by atoms with Crippen LogP contribution in [0, 0.1) is 0 Å². The first-order valence-electron chi connectivity index (χ1n) is 8.24. The summed E-state index contributed by atoms with van der Waals surface area (Å²) in [5.41, 5.74) is 1.37. The van der Waals surface area contributed by atoms with E-state index in [9.17, 15) is 9.59 Å². The minimum absolute atomic E-state index is 0.0832. The summed E-state index contributed by atoms with van der Waals surface area (Å²) < 4.78 is 0. The molecule has 1 saturated heterocycles. The van der Waals surface area contributed by atoms with E-state index < -0.39 is 0 Å². The first-order chi connectivity index (χ1) is 11.1. The van der Waals surface area contributed by atoms with Gasteiger partial charge in [0.25, 0.3) is 0 Å². The molecule has 2 N–H and O–H groups in total. The molecule has 126 valence electrons. The van der Waals surface area contributed by atoms with Crippen molar-refractivity contribution in [3.05, 3.63) is 24.3 Å². The van der Waals surface area contributed by atoms with Gasteiger partial charge in [0.1, 0.15) is 0 Å². The van der Waals surface area contributed by atoms with E-state index in [1.807, 2.05) is 17.0 Å². The van der Waals surface area contributed by atoms with Crippen LogP contribution >= 0.6 is 0 Å². The summed E-state index contributed by atoms with van der Waals surface area (Å²) >= 11 is 0. The molecule has 1 aliphatic heterocycles. The van der Waals surface area contributed by atoms with E-state index in [0.717, 1.165) is 32.7 Å². The molecule has 0 radical (unpaired) electrons. The molecule has 2 rings (SSSR count). The van der Waals surface area contributed by atoms with Crippen LogP contribution in [0.4, 0.5) is 16.2 Å². The van der Waals surface area contributed by atoms with Crippen molar-refractivity contribution < 1.29 is 9.59 Å². The molecule has 1 heterocycles. The van der Waals surface area contributed by atoms with E-state index in [1.165, 1.54) is 19.8 Å². The number of rotatable bonds is 5. The summed E-state index contributed by atoms with van der Waals surface area (Å²) in [5.74, 6) is -0.128. The monoisotopic (exact) mass is 318 g/mol. The van der Waals surface area contributed by atoms with Crippen LogP contribution in [-0.2, 0) is 4.79 Å². The first kappa shape index (κ1) is 17.3. The zero-order valence-corrected chi connectivity index (χ0v) is 14.0. The summed E-state index contributed by atoms with van der Waals surface area (Å²) in [5, 5.41) is 5.61. The van der Waals surface area contributed by atoms with Gasteiger partial charge in [0.05, 0.1) is 0 Å². The largest absolute Gasteiger partial charge is 0.326 e. The lowest BCUT2D eigenvalue weighted by atomic mass is 10.2. The van der Waals surface area contributed by atoms with Crippen molar-refractivity contribution in [1.29, 1.82) is 0 Å². The average molecular weight is 318 g/mol. The van der Waals surface area contributed by atoms with Crippen molar-refractivity contribution in [2.24, 2.45) is 0 Å². The number of hydrogen-bond donors (Lipinski definition) is 2. The predicted molar refractivity (Wildman–Crippen MR) is 92.7 cm³/mol. The fourth-order valence-electron chi connectivity index (χ4n) is 2.64. The van der Waals surface area contributed by atoms with Gasteiger partial charge in [0.2, 0.25) is 5.91 Å². The molecule has 1 aromatic rings. The zero-order valence-electron chi connectivity index (χ0n) is 14.0. The van der Waals surface area contributed by atoms with Gasteiger partial charge in [-0.1, -0.05) is 19.4 Å². The molecule has 1 aliphatic rings. The van der Waals surface area contributed by atoms with Gasteiger partial charge in [-0.15, -0.1) is 0 Å². The standard InChI is InChI=1S/C17H26N4O2/c1-3-4-8-20-9-11-21(12-10-20)17(23)19-16-7-5-6-15(13-16)18-14(2)22/h5-7,13H,3-4,8-12H2,1-2H3,(H,18,22)(H,19,23). The van der Waals surface area contributed by atoms with Gasteiger partial charge in [-0.25, -0.2) is 4.79 Å². The molecule has 23 heavy (non-hydrogen) atoms. The maximum Gasteiger partial charge on any atom is 0.321 e. The van der Waals surface area contributed by atoms with Crippen LogP contribution in [0.3, 0.4) is 0 Å². The van der Waals surface area contributed by atoms with Gasteiger partial charge in [0, 0.05) is 44.5 Å². The summed E-state index contributed by atoms with van der Waals surface area (Å²) in [6.45, 7) is 8.13. The molecule has 0 saturated carbocycles. The second kappa shape index (κ2) is 8.53. The number of nitrogens with one attached hydrogen (secondary N) is 2. The van der Waals surface area contributed by atoms with E-state index in [4.69, 9.17) is 0 Å². The number of unbranched alkanes of at least 4 members (excludes halogenated alkanes) is 1. The van der Waals surface area contributed by atoms with Crippen LogP contribution < -0.4 is 10.6 Å². The third kappa shape index (κ3) is 5.56. The molecule has 1 aromatic carbocycles. The molecule has 0 atom stereocenters. The topological polar surface area (TPSA) is 64.7 Å². The molecule has 1 fully saturated rings. The highest BCUT2D eigenvalue weighted by molar-refractivity contribution is 5.92. The Morgan fingerprint density at radius 3 is 2.35 bits per heavy atom. The van der Waals surface area contributed by atoms with Gasteiger partial charge in [-0.3, -0.25) is 9.69 Å². The van der Waals surface area contributed by atoms with Gasteiger partial charge >= 0.3 is 6.03 Å². The Labute approximate surface area is 137 Å². The van der Waals surface area contributed by atoms with Crippen molar-refractivity contribution >= 4 is 23.3 Å². The third-order valence-corrected chi connectivity index (χ3v) is 3.92. The van der Waals surface area contributed by atoms with Crippen LogP contribution in [0.25, 0.3) is 0 Å². The van der Waals surface area contributed by atoms with Crippen molar-refractivity contribution in [2.75, 3.05) is 43.4 Å². The lowest BCUT2D eigenvalue weighted by Crippen LogP contribution is -2.50. The Morgan fingerprint density at radius 1 is 1.09 bits per heavy atom. The maximum atomic E-state index is 12.3. The number of piperazine rings is 1. The molecule has 6 nitrogen and oxygen atoms in total. The van der Waals surface area contributed by atoms with Gasteiger partial charge in [-0.05, 0) is 31.2 Å². The number of nitrogens with zero attached hydrogens (tertiary/aromatic N) is 2. The Morgan fingerprint density at radius 2 is 1.74 bits per heavy atom. The third-order valence-electron chi connectivity index (χ3n) is 3.92. The van der Waals surface area contributed by atoms with Crippen LogP contribution in [-0.4, -0.2) is 54.5 Å². The molecule has 0 aromatic heterocycles. The van der Waals surface area contributed by atoms with Crippen LogP contribution in [0.15, 0.2) is 24.3 Å². The van der Waals surface area contributed by atoms with Crippen molar-refractivity contribution in [2.45, 2.75) is 26.7 Å². The van der Waals surface area contributed by atoms with Gasteiger partial charge in [-0.2, -0.15) is 0 Å². The highest BCUT2D eigenvalue weighted by atomic mass is 16.2. The normalized spacial score (nSPS) is 15.3. The summed E-state index contributed by atoms with van der Waals surface area (Å²) in [4.78, 5) is 27.7. The average Bonchev–Trinajstić information content (AvgIpc) is 2.53. The highest BCUT2D eigenvalue weighted by Crippen LogP contribution is 2.16. The Balaban J connectivity index is 1.84. The smallest absolute Gasteiger partial charge is 0.321 e. The number of benzene rings is 1. The molecule has 3 amide bonds. The molecular formula is C17H26N4O2. The van der Waals surface area contributed by atoms with Crippen molar-refractivity contribution in [3.63, 3.8) is 0 Å². The van der Waals surface area contributed by atoms with Gasteiger partial charge < -0.3 is 15.5 Å². The number of carbonyl (C=O) groups is 2. The second-order valence-electron chi connectivity index (χ2n) is 5.87. The molecule has 0 aliphatic carbocycles. The summed E-state index contributed by atoms with van der Waals surface area (Å²) in [6.07, 6.45) is 2.41. The minimum Gasteiger partial charge on any atom is -0.326 e. The lowest BCUT2D eigenvalue weighted by molar-refractivity contribution is -0.114. The quantitative estimate of drug-likeness (QED) is 0.877. The number of hydrogen-bond acceptors (Lipinski definition) is 3. The molecule has 0 bridgehead atoms. The SMILES string of the molecule is CCCCN1CCN(C(=O)Nc2cccc(NC(C)=O)c2)CC1. The van der Waals surface area contributed by atoms with Crippen LogP contribution in [0.5, 0.6) is 0 Å². The fraction of sp³-hybridized carbons (Fsp3) is 0.529. The first-order valence-corrected chi connectivity index (χ1v) is 8.24. The number of anilines is 2. The number of urea groups is 1. The summed E-state index contributed by atoms with van der Waals surface area (Å²) in [6, 6.07) is 7.10. The zero-order chi connectivity index (χ0) is 16.7. The second-order valence-corrected chi connectivity index (χ2v) is 5.87. The fourth-order valence-corrected chi connectivity index (χ4v) is 2.64. The molecule has 6 heteroatoms. The minimum atomic E-state index is -0.128. The molecule has 0 unspecified atom stereocenters. The molecular weight excluding hydrogens is 292 g/mol. The van der Waals surface area contributed by atoms with E-state index in [0.29, 0.717) is 11.4 Å². The summed E-state index contributed by atoms with van der Waals surface area (Å²) in [7, 11) is 0. The van der Waals surface area contributed by atoms with Crippen molar-refractivity contribution in [3.8, 4) is 0 Å². The van der Waals surface area contributed by atoms with Gasteiger partial charge in [0.15, 0.2) is 0 Å². The van der Waals surface area contributed by atoms with Crippen LogP contribution in [0.1, 0.15) is 26.7 Å².